The molecule has 0 bridgehead atoms. The third-order valence-corrected chi connectivity index (χ3v) is 15.8. The van der Waals surface area contributed by atoms with Crippen LogP contribution in [0.3, 0.4) is 0 Å². The van der Waals surface area contributed by atoms with Crippen molar-refractivity contribution >= 4 is 44.6 Å². The maximum atomic E-state index is 6.92. The molecule has 0 saturated carbocycles. The van der Waals surface area contributed by atoms with Crippen molar-refractivity contribution in [3.63, 3.8) is 0 Å². The lowest BCUT2D eigenvalue weighted by molar-refractivity contribution is 0.483. The molecule has 0 N–H and O–H groups in total. The number of para-hydroxylation sites is 4. The molecule has 0 aliphatic carbocycles. The van der Waals surface area contributed by atoms with Crippen LogP contribution in [-0.4, -0.2) is 16.2 Å². The highest BCUT2D eigenvalue weighted by molar-refractivity contribution is 6.09. The Balaban J connectivity index is 0.911. The third-order valence-electron chi connectivity index (χ3n) is 15.8. The molecule has 5 heteroatoms. The average molecular weight is 1040 g/mol. The summed E-state index contributed by atoms with van der Waals surface area (Å²) >= 11 is 0. The second kappa shape index (κ2) is 20.5. The zero-order chi connectivity index (χ0) is 54.4. The first kappa shape index (κ1) is 49.1. The minimum Gasteiger partial charge on any atom is -0.457 e. The first-order valence-corrected chi connectivity index (χ1v) is 27.9. The number of ether oxygens (including phenoxy) is 1. The molecule has 11 aromatic carbocycles. The summed E-state index contributed by atoms with van der Waals surface area (Å²) in [5, 5.41) is 2.32. The smallest absolute Gasteiger partial charge is 0.137 e. The van der Waals surface area contributed by atoms with Gasteiger partial charge in [-0.1, -0.05) is 197 Å². The van der Waals surface area contributed by atoms with Crippen LogP contribution in [0, 0.1) is 0 Å². The van der Waals surface area contributed by atoms with Gasteiger partial charge in [0.05, 0.1) is 28.1 Å². The molecule has 0 unspecified atom stereocenters. The Labute approximate surface area is 473 Å². The van der Waals surface area contributed by atoms with E-state index in [1.165, 1.54) is 33.2 Å². The predicted molar refractivity (Wildman–Crippen MR) is 338 cm³/mol. The summed E-state index contributed by atoms with van der Waals surface area (Å²) in [6, 6.07) is 101. The zero-order valence-electron chi connectivity index (χ0n) is 45.5. The van der Waals surface area contributed by atoms with Crippen LogP contribution in [0.4, 0.5) is 22.7 Å². The highest BCUT2D eigenvalue weighted by Gasteiger charge is 2.32. The van der Waals surface area contributed by atoms with Crippen molar-refractivity contribution in [2.24, 2.45) is 0 Å². The minimum atomic E-state index is -0.0313. The van der Waals surface area contributed by atoms with E-state index in [1.54, 1.807) is 0 Å². The lowest BCUT2D eigenvalue weighted by Crippen LogP contribution is -2.25. The topological polar surface area (TPSA) is 33.5 Å². The van der Waals surface area contributed by atoms with Gasteiger partial charge in [0.2, 0.25) is 0 Å². The predicted octanol–water partition coefficient (Wildman–Crippen LogP) is 20.5. The molecular weight excluding hydrogens is 985 g/mol. The van der Waals surface area contributed by atoms with Gasteiger partial charge in [0.1, 0.15) is 24.0 Å². The Morgan fingerprint density at radius 1 is 0.358 bits per heavy atom. The first-order valence-electron chi connectivity index (χ1n) is 27.9. The molecule has 3 heterocycles. The number of anilines is 4. The summed E-state index contributed by atoms with van der Waals surface area (Å²) in [5.41, 5.74) is 21.6. The monoisotopic (exact) mass is 1040 g/mol. The van der Waals surface area contributed by atoms with E-state index >= 15 is 0 Å². The number of pyridine rings is 1. The SMILES string of the molecule is CC(C)(C)c1ccnc(-n2c3ccccc3c3ccc(Oc4cccc(N5CN(c6c(-c7cc(-c8ccccc8)cc(-c8ccccc8)c7)cccc6-c6cc(-c7ccccc7)cc(-c7ccccc7)c6)c6ccccc65)c4)cc32)c1. The second-order valence-electron chi connectivity index (χ2n) is 22.0. The number of nitrogens with zero attached hydrogens (tertiary/aromatic N) is 4. The van der Waals surface area contributed by atoms with Crippen LogP contribution in [0.15, 0.2) is 285 Å². The van der Waals surface area contributed by atoms with Gasteiger partial charge < -0.3 is 14.5 Å². The van der Waals surface area contributed by atoms with Gasteiger partial charge >= 0.3 is 0 Å². The van der Waals surface area contributed by atoms with E-state index in [-0.39, 0.29) is 5.41 Å². The highest BCUT2D eigenvalue weighted by atomic mass is 16.5. The van der Waals surface area contributed by atoms with Gasteiger partial charge in [-0.3, -0.25) is 4.57 Å². The second-order valence-corrected chi connectivity index (χ2v) is 22.0. The largest absolute Gasteiger partial charge is 0.457 e. The summed E-state index contributed by atoms with van der Waals surface area (Å²) in [7, 11) is 0. The fraction of sp³-hybridized carbons (Fsp3) is 0.0658. The molecule has 0 saturated heterocycles. The van der Waals surface area contributed by atoms with E-state index in [2.05, 4.69) is 314 Å². The van der Waals surface area contributed by atoms with Crippen molar-refractivity contribution in [1.82, 2.24) is 9.55 Å². The highest BCUT2D eigenvalue weighted by Crippen LogP contribution is 2.52. The van der Waals surface area contributed by atoms with E-state index in [0.717, 1.165) is 101 Å². The number of benzene rings is 11. The van der Waals surface area contributed by atoms with Gasteiger partial charge in [-0.05, 0) is 158 Å². The molecule has 0 atom stereocenters. The van der Waals surface area contributed by atoms with Gasteiger partial charge in [-0.2, -0.15) is 0 Å². The first-order chi connectivity index (χ1) is 39.8. The molecule has 1 aliphatic heterocycles. The summed E-state index contributed by atoms with van der Waals surface area (Å²) in [6.07, 6.45) is 1.93. The lowest BCUT2D eigenvalue weighted by atomic mass is 9.88. The van der Waals surface area contributed by atoms with Gasteiger partial charge in [0, 0.05) is 45.9 Å². The van der Waals surface area contributed by atoms with Crippen molar-refractivity contribution in [2.45, 2.75) is 26.2 Å². The summed E-state index contributed by atoms with van der Waals surface area (Å²) < 4.78 is 9.19. The molecule has 2 aromatic heterocycles. The maximum Gasteiger partial charge on any atom is 0.137 e. The van der Waals surface area contributed by atoms with Crippen molar-refractivity contribution in [3.05, 3.63) is 291 Å². The fourth-order valence-corrected chi connectivity index (χ4v) is 11.8. The fourth-order valence-electron chi connectivity index (χ4n) is 11.8. The van der Waals surface area contributed by atoms with Crippen LogP contribution < -0.4 is 14.5 Å². The quantitative estimate of drug-likeness (QED) is 0.129. The molecule has 388 valence electrons. The van der Waals surface area contributed by atoms with Crippen molar-refractivity contribution in [1.29, 1.82) is 0 Å². The van der Waals surface area contributed by atoms with Crippen LogP contribution in [0.2, 0.25) is 0 Å². The van der Waals surface area contributed by atoms with E-state index in [9.17, 15) is 0 Å². The molecule has 81 heavy (non-hydrogen) atoms. The molecule has 5 nitrogen and oxygen atoms in total. The summed E-state index contributed by atoms with van der Waals surface area (Å²) in [6.45, 7) is 7.28. The van der Waals surface area contributed by atoms with Crippen LogP contribution in [0.5, 0.6) is 11.5 Å². The van der Waals surface area contributed by atoms with Crippen LogP contribution in [-0.2, 0) is 5.41 Å². The number of rotatable bonds is 11. The van der Waals surface area contributed by atoms with Gasteiger partial charge in [-0.15, -0.1) is 0 Å². The summed E-state index contributed by atoms with van der Waals surface area (Å²) in [4.78, 5) is 9.88. The number of fused-ring (bicyclic) bond motifs is 4. The Kier molecular flexibility index (Phi) is 12.4. The molecule has 14 rings (SSSR count). The molecule has 0 spiro atoms. The van der Waals surface area contributed by atoms with Crippen molar-refractivity contribution < 1.29 is 4.74 Å². The van der Waals surface area contributed by atoms with Crippen molar-refractivity contribution in [3.8, 4) is 84.1 Å². The van der Waals surface area contributed by atoms with Crippen LogP contribution in [0.25, 0.3) is 94.4 Å². The normalized spacial score (nSPS) is 12.3. The van der Waals surface area contributed by atoms with Gasteiger partial charge in [0.15, 0.2) is 0 Å². The Morgan fingerprint density at radius 2 is 0.827 bits per heavy atom. The van der Waals surface area contributed by atoms with Crippen LogP contribution in [0.1, 0.15) is 26.3 Å². The molecule has 13 aromatic rings. The number of hydrogen-bond acceptors (Lipinski definition) is 4. The molecule has 0 fully saturated rings. The Morgan fingerprint density at radius 3 is 1.38 bits per heavy atom. The minimum absolute atomic E-state index is 0.0313. The number of hydrogen-bond donors (Lipinski definition) is 0. The van der Waals surface area contributed by atoms with E-state index in [1.807, 2.05) is 6.20 Å². The van der Waals surface area contributed by atoms with E-state index in [4.69, 9.17) is 9.72 Å². The average Bonchev–Trinajstić information content (AvgIpc) is 4.31. The molecule has 0 radical (unpaired) electrons. The van der Waals surface area contributed by atoms with Crippen LogP contribution >= 0.6 is 0 Å². The Hall–Kier alpha value is -10.2. The molecule has 0 amide bonds. The summed E-state index contributed by atoms with van der Waals surface area (Å²) in [5.74, 6) is 2.38. The number of aromatic nitrogens is 2. The van der Waals surface area contributed by atoms with Gasteiger partial charge in [-0.25, -0.2) is 4.98 Å². The molecule has 1 aliphatic rings. The maximum absolute atomic E-state index is 6.92. The lowest BCUT2D eigenvalue weighted by Gasteiger charge is -2.28. The Bertz CT molecular complexity index is 4190. The van der Waals surface area contributed by atoms with E-state index in [0.29, 0.717) is 6.67 Å². The van der Waals surface area contributed by atoms with Gasteiger partial charge in [0.25, 0.3) is 0 Å². The standard InChI is InChI=1S/C76H58N4O/c1-76(2,3)62-40-41-77-74(48-62)80-70-35-17-16-32-68(70)69-39-38-65(50-73(69)80)81-64-31-20-30-63(49-64)78-51-79(72-37-19-18-36-71(72)78)75-66(60-44-56(52-22-8-4-9-23-52)42-57(45-60)53-24-10-5-11-25-53)33-21-34-67(75)61-46-58(54-26-12-6-13-27-54)43-59(47-61)55-28-14-7-15-29-55/h4-50H,51H2,1-3H3. The van der Waals surface area contributed by atoms with Crippen molar-refractivity contribution in [2.75, 3.05) is 16.5 Å². The zero-order valence-corrected chi connectivity index (χ0v) is 45.5. The molecular formula is C76H58N4O. The van der Waals surface area contributed by atoms with E-state index < -0.39 is 0 Å². The third kappa shape index (κ3) is 9.39.